The molecule has 0 saturated heterocycles. The molecule has 3 aromatic rings. The van der Waals surface area contributed by atoms with Crippen LogP contribution in [0.15, 0.2) is 59.9 Å². The van der Waals surface area contributed by atoms with Gasteiger partial charge in [0.1, 0.15) is 17.8 Å². The van der Waals surface area contributed by atoms with E-state index >= 15 is 0 Å². The SMILES string of the molecule is CN=C(NCc1ccc(OC)cc1OC)NCc1nncn1-c1ccccc1. The van der Waals surface area contributed by atoms with Crippen molar-refractivity contribution in [3.8, 4) is 17.2 Å². The first-order valence-electron chi connectivity index (χ1n) is 8.85. The lowest BCUT2D eigenvalue weighted by Gasteiger charge is -2.14. The highest BCUT2D eigenvalue weighted by Gasteiger charge is 2.09. The molecular weight excluding hydrogens is 356 g/mol. The lowest BCUT2D eigenvalue weighted by molar-refractivity contribution is 0.390. The van der Waals surface area contributed by atoms with Crippen molar-refractivity contribution in [2.45, 2.75) is 13.1 Å². The van der Waals surface area contributed by atoms with E-state index in [2.05, 4.69) is 25.8 Å². The van der Waals surface area contributed by atoms with Crippen LogP contribution < -0.4 is 20.1 Å². The highest BCUT2D eigenvalue weighted by Crippen LogP contribution is 2.24. The summed E-state index contributed by atoms with van der Waals surface area (Å²) in [6, 6.07) is 15.7. The fourth-order valence-corrected chi connectivity index (χ4v) is 2.74. The number of ether oxygens (including phenoxy) is 2. The van der Waals surface area contributed by atoms with Crippen molar-refractivity contribution in [1.29, 1.82) is 0 Å². The molecule has 0 atom stereocenters. The van der Waals surface area contributed by atoms with E-state index in [1.807, 2.05) is 53.1 Å². The molecule has 2 aromatic carbocycles. The van der Waals surface area contributed by atoms with Crippen LogP contribution >= 0.6 is 0 Å². The van der Waals surface area contributed by atoms with E-state index in [-0.39, 0.29) is 0 Å². The second-order valence-electron chi connectivity index (χ2n) is 5.91. The second kappa shape index (κ2) is 9.40. The molecule has 3 rings (SSSR count). The molecule has 0 radical (unpaired) electrons. The predicted molar refractivity (Wildman–Crippen MR) is 108 cm³/mol. The highest BCUT2D eigenvalue weighted by molar-refractivity contribution is 5.79. The lowest BCUT2D eigenvalue weighted by Crippen LogP contribution is -2.37. The number of hydrogen-bond acceptors (Lipinski definition) is 5. The van der Waals surface area contributed by atoms with Gasteiger partial charge in [-0.3, -0.25) is 9.56 Å². The van der Waals surface area contributed by atoms with Crippen molar-refractivity contribution in [3.63, 3.8) is 0 Å². The fraction of sp³-hybridized carbons (Fsp3) is 0.250. The van der Waals surface area contributed by atoms with Crippen LogP contribution in [0.3, 0.4) is 0 Å². The molecule has 0 saturated carbocycles. The first-order valence-corrected chi connectivity index (χ1v) is 8.85. The molecule has 146 valence electrons. The van der Waals surface area contributed by atoms with Crippen LogP contribution in [-0.4, -0.2) is 42.0 Å². The molecule has 8 heteroatoms. The minimum Gasteiger partial charge on any atom is -0.497 e. The molecule has 0 aliphatic heterocycles. The Balaban J connectivity index is 1.62. The Hall–Kier alpha value is -3.55. The summed E-state index contributed by atoms with van der Waals surface area (Å²) < 4.78 is 12.6. The molecule has 1 aromatic heterocycles. The largest absolute Gasteiger partial charge is 0.497 e. The van der Waals surface area contributed by atoms with Crippen LogP contribution in [0.1, 0.15) is 11.4 Å². The molecule has 1 heterocycles. The smallest absolute Gasteiger partial charge is 0.191 e. The van der Waals surface area contributed by atoms with E-state index in [0.29, 0.717) is 19.0 Å². The summed E-state index contributed by atoms with van der Waals surface area (Å²) in [4.78, 5) is 4.27. The summed E-state index contributed by atoms with van der Waals surface area (Å²) in [6.07, 6.45) is 1.70. The van der Waals surface area contributed by atoms with Crippen molar-refractivity contribution in [2.24, 2.45) is 4.99 Å². The average Bonchev–Trinajstić information content (AvgIpc) is 3.23. The summed E-state index contributed by atoms with van der Waals surface area (Å²) in [5.41, 5.74) is 2.01. The number of nitrogens with zero attached hydrogens (tertiary/aromatic N) is 4. The van der Waals surface area contributed by atoms with Gasteiger partial charge in [-0.15, -0.1) is 10.2 Å². The molecule has 0 spiro atoms. The lowest BCUT2D eigenvalue weighted by atomic mass is 10.2. The number of para-hydroxylation sites is 1. The van der Waals surface area contributed by atoms with Crippen LogP contribution in [0.2, 0.25) is 0 Å². The summed E-state index contributed by atoms with van der Waals surface area (Å²) in [7, 11) is 5.00. The Labute approximate surface area is 164 Å². The standard InChI is InChI=1S/C20H24N6O2/c1-21-20(22-12-15-9-10-17(27-2)11-18(15)28-3)23-13-19-25-24-14-26(19)16-7-5-4-6-8-16/h4-11,14H,12-13H2,1-3H3,(H2,21,22,23). The minimum absolute atomic E-state index is 0.480. The van der Waals surface area contributed by atoms with Gasteiger partial charge < -0.3 is 20.1 Å². The molecular formula is C20H24N6O2. The third kappa shape index (κ3) is 4.59. The Bertz CT molecular complexity index is 923. The van der Waals surface area contributed by atoms with Gasteiger partial charge in [-0.05, 0) is 24.3 Å². The summed E-state index contributed by atoms with van der Waals surface area (Å²) in [5.74, 6) is 2.95. The van der Waals surface area contributed by atoms with E-state index in [1.165, 1.54) is 0 Å². The average molecular weight is 380 g/mol. The van der Waals surface area contributed by atoms with Crippen molar-refractivity contribution in [3.05, 3.63) is 66.2 Å². The van der Waals surface area contributed by atoms with Crippen LogP contribution in [-0.2, 0) is 13.1 Å². The van der Waals surface area contributed by atoms with E-state index < -0.39 is 0 Å². The van der Waals surface area contributed by atoms with E-state index in [4.69, 9.17) is 9.47 Å². The Kier molecular flexibility index (Phi) is 6.46. The number of aromatic nitrogens is 3. The quantitative estimate of drug-likeness (QED) is 0.483. The van der Waals surface area contributed by atoms with Crippen molar-refractivity contribution in [2.75, 3.05) is 21.3 Å². The number of guanidine groups is 1. The Morgan fingerprint density at radius 1 is 1.04 bits per heavy atom. The van der Waals surface area contributed by atoms with Crippen LogP contribution in [0, 0.1) is 0 Å². The molecule has 2 N–H and O–H groups in total. The maximum Gasteiger partial charge on any atom is 0.191 e. The monoisotopic (exact) mass is 380 g/mol. The minimum atomic E-state index is 0.480. The number of hydrogen-bond donors (Lipinski definition) is 2. The maximum atomic E-state index is 5.44. The number of nitrogens with one attached hydrogen (secondary N) is 2. The Morgan fingerprint density at radius 3 is 2.54 bits per heavy atom. The van der Waals surface area contributed by atoms with Gasteiger partial charge >= 0.3 is 0 Å². The number of aliphatic imine (C=N–C) groups is 1. The molecule has 0 aliphatic rings. The van der Waals surface area contributed by atoms with Gasteiger partial charge in [0.25, 0.3) is 0 Å². The summed E-state index contributed by atoms with van der Waals surface area (Å²) >= 11 is 0. The third-order valence-electron chi connectivity index (χ3n) is 4.23. The van der Waals surface area contributed by atoms with Crippen molar-refractivity contribution < 1.29 is 9.47 Å². The van der Waals surface area contributed by atoms with Gasteiger partial charge in [-0.25, -0.2) is 0 Å². The van der Waals surface area contributed by atoms with Gasteiger partial charge in [0, 0.05) is 30.9 Å². The van der Waals surface area contributed by atoms with E-state index in [0.717, 1.165) is 28.6 Å². The molecule has 0 bridgehead atoms. The molecule has 0 unspecified atom stereocenters. The van der Waals surface area contributed by atoms with Gasteiger partial charge in [0.2, 0.25) is 0 Å². The predicted octanol–water partition coefficient (Wildman–Crippen LogP) is 2.15. The molecule has 28 heavy (non-hydrogen) atoms. The second-order valence-corrected chi connectivity index (χ2v) is 5.91. The van der Waals surface area contributed by atoms with Crippen LogP contribution in [0.5, 0.6) is 11.5 Å². The van der Waals surface area contributed by atoms with Crippen molar-refractivity contribution >= 4 is 5.96 Å². The van der Waals surface area contributed by atoms with Gasteiger partial charge in [-0.1, -0.05) is 18.2 Å². The molecule has 0 aliphatic carbocycles. The third-order valence-corrected chi connectivity index (χ3v) is 4.23. The zero-order chi connectivity index (χ0) is 19.8. The van der Waals surface area contributed by atoms with Gasteiger partial charge in [0.05, 0.1) is 20.8 Å². The number of benzene rings is 2. The van der Waals surface area contributed by atoms with Gasteiger partial charge in [0.15, 0.2) is 11.8 Å². The summed E-state index contributed by atoms with van der Waals surface area (Å²) in [5, 5.41) is 14.8. The Morgan fingerprint density at radius 2 is 1.82 bits per heavy atom. The molecule has 8 nitrogen and oxygen atoms in total. The summed E-state index contributed by atoms with van der Waals surface area (Å²) in [6.45, 7) is 1.03. The van der Waals surface area contributed by atoms with Crippen LogP contribution in [0.25, 0.3) is 5.69 Å². The zero-order valence-electron chi connectivity index (χ0n) is 16.2. The van der Waals surface area contributed by atoms with Gasteiger partial charge in [-0.2, -0.15) is 0 Å². The van der Waals surface area contributed by atoms with E-state index in [1.54, 1.807) is 27.6 Å². The normalized spacial score (nSPS) is 11.2. The molecule has 0 amide bonds. The number of rotatable bonds is 7. The first kappa shape index (κ1) is 19.2. The van der Waals surface area contributed by atoms with E-state index in [9.17, 15) is 0 Å². The first-order chi connectivity index (χ1) is 13.7. The maximum absolute atomic E-state index is 5.44. The topological polar surface area (TPSA) is 85.6 Å². The fourth-order valence-electron chi connectivity index (χ4n) is 2.74. The number of methoxy groups -OCH3 is 2. The van der Waals surface area contributed by atoms with Crippen LogP contribution in [0.4, 0.5) is 0 Å². The van der Waals surface area contributed by atoms with Crippen molar-refractivity contribution in [1.82, 2.24) is 25.4 Å². The highest BCUT2D eigenvalue weighted by atomic mass is 16.5. The molecule has 0 fully saturated rings. The zero-order valence-corrected chi connectivity index (χ0v) is 16.2.